The number of hydrogen-bond donors (Lipinski definition) is 1. The first-order chi connectivity index (χ1) is 13.6. The van der Waals surface area contributed by atoms with Gasteiger partial charge in [0.2, 0.25) is 0 Å². The van der Waals surface area contributed by atoms with Gasteiger partial charge in [-0.25, -0.2) is 8.42 Å². The van der Waals surface area contributed by atoms with E-state index in [1.54, 1.807) is 0 Å². The van der Waals surface area contributed by atoms with Crippen molar-refractivity contribution >= 4 is 9.84 Å². The zero-order chi connectivity index (χ0) is 21.2. The Morgan fingerprint density at radius 3 is 2.83 bits per heavy atom. The summed E-state index contributed by atoms with van der Waals surface area (Å²) in [5.41, 5.74) is 5.56. The van der Waals surface area contributed by atoms with Crippen molar-refractivity contribution in [3.05, 3.63) is 58.6 Å². The van der Waals surface area contributed by atoms with Crippen LogP contribution in [-0.2, 0) is 9.84 Å². The second-order valence-corrected chi connectivity index (χ2v) is 11.4. The number of hydrogen-bond acceptors (Lipinski definition) is 3. The minimum Gasteiger partial charge on any atom is -0.393 e. The largest absolute Gasteiger partial charge is 0.393 e. The molecule has 0 aliphatic heterocycles. The van der Waals surface area contributed by atoms with Crippen molar-refractivity contribution in [2.45, 2.75) is 71.3 Å². The smallest absolute Gasteiger partial charge is 0.168 e. The maximum atomic E-state index is 11.4. The number of sulfone groups is 1. The Balaban J connectivity index is 1.75. The van der Waals surface area contributed by atoms with E-state index in [0.717, 1.165) is 38.5 Å². The van der Waals surface area contributed by atoms with Crippen LogP contribution < -0.4 is 0 Å². The molecule has 4 heteroatoms. The van der Waals surface area contributed by atoms with E-state index in [-0.39, 0.29) is 11.5 Å². The molecule has 0 heterocycles. The molecule has 1 N–H and O–H groups in total. The van der Waals surface area contributed by atoms with Gasteiger partial charge in [0.05, 0.1) is 6.10 Å². The van der Waals surface area contributed by atoms with Crippen LogP contribution in [0.1, 0.15) is 65.2 Å². The molecule has 3 aliphatic rings. The summed E-state index contributed by atoms with van der Waals surface area (Å²) < 4.78 is 22.8. The highest BCUT2D eigenvalue weighted by Gasteiger charge is 2.45. The number of aliphatic hydroxyl groups excluding tert-OH is 1. The quantitative estimate of drug-likeness (QED) is 0.588. The van der Waals surface area contributed by atoms with Crippen molar-refractivity contribution in [1.29, 1.82) is 0 Å². The molecule has 160 valence electrons. The predicted molar refractivity (Wildman–Crippen MR) is 121 cm³/mol. The van der Waals surface area contributed by atoms with Gasteiger partial charge in [0.25, 0.3) is 0 Å². The van der Waals surface area contributed by atoms with Crippen molar-refractivity contribution in [3.8, 4) is 0 Å². The van der Waals surface area contributed by atoms with Gasteiger partial charge >= 0.3 is 0 Å². The van der Waals surface area contributed by atoms with Crippen LogP contribution in [0.2, 0.25) is 0 Å². The van der Waals surface area contributed by atoms with Crippen molar-refractivity contribution < 1.29 is 13.5 Å². The summed E-state index contributed by atoms with van der Waals surface area (Å²) in [6, 6.07) is 0. The average molecular weight is 417 g/mol. The fraction of sp³-hybridized carbons (Fsp3) is 0.600. The van der Waals surface area contributed by atoms with E-state index in [0.29, 0.717) is 11.8 Å². The van der Waals surface area contributed by atoms with Gasteiger partial charge in [-0.15, -0.1) is 0 Å². The van der Waals surface area contributed by atoms with Crippen LogP contribution in [0.25, 0.3) is 0 Å². The molecule has 0 saturated heterocycles. The Kier molecular flexibility index (Phi) is 6.74. The van der Waals surface area contributed by atoms with Crippen LogP contribution in [0.4, 0.5) is 0 Å². The van der Waals surface area contributed by atoms with E-state index in [4.69, 9.17) is 0 Å². The zero-order valence-electron chi connectivity index (χ0n) is 18.2. The van der Waals surface area contributed by atoms with Gasteiger partial charge in [-0.05, 0) is 74.2 Å². The minimum absolute atomic E-state index is 0.171. The molecule has 4 unspecified atom stereocenters. The standard InChI is InChI=1S/C25H36O3S/c1-18-9-12-22(26)17-21(18)11-10-20-8-5-15-25(3)23(13-14-24(20)25)19(2)7-6-16-29(4,27)28/h6,10-11,13,16,19,22,24,26H,1,5,7-9,12,14-15,17H2,2-4H3/b16-6+,20-10+,21-11-. The minimum atomic E-state index is -3.06. The van der Waals surface area contributed by atoms with Gasteiger partial charge in [-0.1, -0.05) is 61.4 Å². The van der Waals surface area contributed by atoms with Crippen molar-refractivity contribution in [3.63, 3.8) is 0 Å². The molecule has 0 amide bonds. The van der Waals surface area contributed by atoms with Crippen LogP contribution in [-0.4, -0.2) is 25.9 Å². The highest BCUT2D eigenvalue weighted by atomic mass is 32.2. The third-order valence-electron chi connectivity index (χ3n) is 7.16. The summed E-state index contributed by atoms with van der Waals surface area (Å²) >= 11 is 0. The van der Waals surface area contributed by atoms with Crippen molar-refractivity contribution in [1.82, 2.24) is 0 Å². The Morgan fingerprint density at radius 2 is 2.10 bits per heavy atom. The second kappa shape index (κ2) is 8.77. The lowest BCUT2D eigenvalue weighted by molar-refractivity contribution is 0.158. The SMILES string of the molecule is C=C1CCC(O)C/C1=C/C=C1\CCCC2(C)C(C(C)C/C=C/S(C)(=O)=O)=CCC12. The third-order valence-corrected chi connectivity index (χ3v) is 7.85. The number of allylic oxidation sites excluding steroid dienone is 7. The molecular formula is C25H36O3S. The lowest BCUT2D eigenvalue weighted by atomic mass is 9.62. The highest BCUT2D eigenvalue weighted by Crippen LogP contribution is 2.56. The molecule has 2 saturated carbocycles. The van der Waals surface area contributed by atoms with Crippen molar-refractivity contribution in [2.75, 3.05) is 6.26 Å². The third kappa shape index (κ3) is 5.21. The molecular weight excluding hydrogens is 380 g/mol. The fourth-order valence-electron chi connectivity index (χ4n) is 5.57. The van der Waals surface area contributed by atoms with E-state index in [1.165, 1.54) is 46.8 Å². The van der Waals surface area contributed by atoms with Gasteiger partial charge in [0, 0.05) is 11.7 Å². The van der Waals surface area contributed by atoms with E-state index >= 15 is 0 Å². The van der Waals surface area contributed by atoms with Crippen LogP contribution in [0.3, 0.4) is 0 Å². The first-order valence-electron chi connectivity index (χ1n) is 10.9. The number of aliphatic hydroxyl groups is 1. The second-order valence-electron chi connectivity index (χ2n) is 9.49. The van der Waals surface area contributed by atoms with Crippen LogP contribution >= 0.6 is 0 Å². The Hall–Kier alpha value is -1.39. The highest BCUT2D eigenvalue weighted by molar-refractivity contribution is 7.93. The number of fused-ring (bicyclic) bond motifs is 1. The topological polar surface area (TPSA) is 54.4 Å². The summed E-state index contributed by atoms with van der Waals surface area (Å²) in [6.45, 7) is 8.81. The summed E-state index contributed by atoms with van der Waals surface area (Å²) in [6.07, 6.45) is 17.6. The van der Waals surface area contributed by atoms with Crippen LogP contribution in [0.15, 0.2) is 58.6 Å². The molecule has 0 aromatic heterocycles. The van der Waals surface area contributed by atoms with E-state index in [2.05, 4.69) is 38.7 Å². The molecule has 3 rings (SSSR count). The molecule has 29 heavy (non-hydrogen) atoms. The maximum Gasteiger partial charge on any atom is 0.168 e. The summed E-state index contributed by atoms with van der Waals surface area (Å²) in [5, 5.41) is 11.3. The van der Waals surface area contributed by atoms with Gasteiger partial charge in [0.1, 0.15) is 0 Å². The molecule has 0 aromatic carbocycles. The Bertz CT molecular complexity index is 872. The monoisotopic (exact) mass is 416 g/mol. The fourth-order valence-corrected chi connectivity index (χ4v) is 6.03. The maximum absolute atomic E-state index is 11.4. The summed E-state index contributed by atoms with van der Waals surface area (Å²) in [7, 11) is -3.06. The molecule has 2 fully saturated rings. The van der Waals surface area contributed by atoms with Crippen LogP contribution in [0.5, 0.6) is 0 Å². The lowest BCUT2D eigenvalue weighted by Crippen LogP contribution is -2.32. The normalized spacial score (nSPS) is 34.6. The Morgan fingerprint density at radius 1 is 1.34 bits per heavy atom. The van der Waals surface area contributed by atoms with Gasteiger partial charge < -0.3 is 5.11 Å². The summed E-state index contributed by atoms with van der Waals surface area (Å²) in [5.74, 6) is 0.889. The molecule has 3 nitrogen and oxygen atoms in total. The van der Waals surface area contributed by atoms with E-state index < -0.39 is 9.84 Å². The van der Waals surface area contributed by atoms with Crippen LogP contribution in [0, 0.1) is 17.3 Å². The first kappa shape index (κ1) is 22.3. The summed E-state index contributed by atoms with van der Waals surface area (Å²) in [4.78, 5) is 0. The van der Waals surface area contributed by atoms with E-state index in [1.807, 2.05) is 6.08 Å². The molecule has 4 atom stereocenters. The predicted octanol–water partition coefficient (Wildman–Crippen LogP) is 5.66. The number of rotatable bonds is 5. The van der Waals surface area contributed by atoms with Crippen molar-refractivity contribution in [2.24, 2.45) is 17.3 Å². The average Bonchev–Trinajstić information content (AvgIpc) is 2.99. The molecule has 0 aromatic rings. The van der Waals surface area contributed by atoms with E-state index in [9.17, 15) is 13.5 Å². The van der Waals surface area contributed by atoms with Gasteiger partial charge in [-0.3, -0.25) is 0 Å². The Labute approximate surface area is 176 Å². The molecule has 0 spiro atoms. The molecule has 0 bridgehead atoms. The first-order valence-corrected chi connectivity index (χ1v) is 12.9. The molecule has 3 aliphatic carbocycles. The lowest BCUT2D eigenvalue weighted by Gasteiger charge is -2.42. The van der Waals surface area contributed by atoms with Gasteiger partial charge in [0.15, 0.2) is 9.84 Å². The molecule has 0 radical (unpaired) electrons. The van der Waals surface area contributed by atoms with Gasteiger partial charge in [-0.2, -0.15) is 0 Å². The zero-order valence-corrected chi connectivity index (χ0v) is 19.0.